The maximum atomic E-state index is 13.4. The third-order valence-electron chi connectivity index (χ3n) is 7.22. The predicted molar refractivity (Wildman–Crippen MR) is 141 cm³/mol. The number of carbonyl (C=O) groups is 2. The summed E-state index contributed by atoms with van der Waals surface area (Å²) in [6, 6.07) is 11.8. The van der Waals surface area contributed by atoms with E-state index in [1.165, 1.54) is 12.1 Å². The van der Waals surface area contributed by atoms with E-state index in [0.717, 1.165) is 44.5 Å². The molecule has 2 amide bonds. The van der Waals surface area contributed by atoms with Crippen LogP contribution in [-0.4, -0.2) is 46.3 Å². The summed E-state index contributed by atoms with van der Waals surface area (Å²) >= 11 is 0. The van der Waals surface area contributed by atoms with E-state index in [9.17, 15) is 22.8 Å². The molecule has 11 heteroatoms. The van der Waals surface area contributed by atoms with Crippen LogP contribution in [0.25, 0.3) is 11.4 Å². The molecular weight excluding hydrogens is 523 g/mol. The minimum atomic E-state index is -4.45. The van der Waals surface area contributed by atoms with Gasteiger partial charge in [-0.3, -0.25) is 14.5 Å². The number of nitrogens with zero attached hydrogens (tertiary/aromatic N) is 3. The van der Waals surface area contributed by atoms with Crippen molar-refractivity contribution >= 4 is 11.8 Å². The Morgan fingerprint density at radius 1 is 1.05 bits per heavy atom. The maximum Gasteiger partial charge on any atom is 0.416 e. The number of nitrogens with one attached hydrogen (secondary N) is 1. The molecular formula is C29H30F3N5O3. The number of hydrogen-bond acceptors (Lipinski definition) is 6. The minimum Gasteiger partial charge on any atom is -0.457 e. The molecule has 1 atom stereocenters. The second-order valence-corrected chi connectivity index (χ2v) is 10.2. The fraction of sp³-hybridized carbons (Fsp3) is 0.379. The smallest absolute Gasteiger partial charge is 0.416 e. The number of piperidine rings is 1. The first-order valence-corrected chi connectivity index (χ1v) is 13.3. The number of rotatable bonds is 8. The molecule has 2 fully saturated rings. The molecule has 1 aromatic heterocycles. The molecule has 2 saturated heterocycles. The molecule has 0 aliphatic carbocycles. The molecule has 3 aromatic rings. The van der Waals surface area contributed by atoms with E-state index < -0.39 is 17.6 Å². The van der Waals surface area contributed by atoms with Crippen LogP contribution in [-0.2, 0) is 23.9 Å². The zero-order chi connectivity index (χ0) is 28.3. The molecule has 210 valence electrons. The third kappa shape index (κ3) is 6.59. The lowest BCUT2D eigenvalue weighted by Crippen LogP contribution is -2.29. The van der Waals surface area contributed by atoms with E-state index in [4.69, 9.17) is 10.5 Å². The molecule has 2 aliphatic heterocycles. The molecule has 3 N–H and O–H groups in total. The summed E-state index contributed by atoms with van der Waals surface area (Å²) < 4.78 is 46.3. The topological polar surface area (TPSA) is 110 Å². The summed E-state index contributed by atoms with van der Waals surface area (Å²) in [5.74, 6) is 0.0703. The molecule has 0 spiro atoms. The monoisotopic (exact) mass is 553 g/mol. The Morgan fingerprint density at radius 2 is 1.80 bits per heavy atom. The fourth-order valence-corrected chi connectivity index (χ4v) is 5.09. The Morgan fingerprint density at radius 3 is 2.45 bits per heavy atom. The predicted octanol–water partition coefficient (Wildman–Crippen LogP) is 4.72. The molecule has 0 unspecified atom stereocenters. The van der Waals surface area contributed by atoms with E-state index in [1.807, 2.05) is 0 Å². The van der Waals surface area contributed by atoms with Crippen LogP contribution < -0.4 is 15.8 Å². The third-order valence-corrected chi connectivity index (χ3v) is 7.22. The lowest BCUT2D eigenvalue weighted by atomic mass is 10.0. The standard InChI is InChI=1S/C29H30F3N5O3/c30-29(31,32)21-6-9-25(20(14-21)17-37-12-2-1-3-13-37)40-23-7-4-18(5-8-23)27-35-22(16-24(36-27)26(33)38)15-19-10-11-34-28(19)39/h4-9,14,16,19H,1-3,10-13,15,17H2,(H2,33,38)(H,34,39)/t19-/m1/s1. The van der Waals surface area contributed by atoms with Gasteiger partial charge in [0, 0.05) is 42.2 Å². The van der Waals surface area contributed by atoms with E-state index >= 15 is 0 Å². The van der Waals surface area contributed by atoms with E-state index in [-0.39, 0.29) is 23.3 Å². The van der Waals surface area contributed by atoms with E-state index in [1.54, 1.807) is 24.3 Å². The van der Waals surface area contributed by atoms with Crippen LogP contribution in [0, 0.1) is 5.92 Å². The minimum absolute atomic E-state index is 0.0471. The largest absolute Gasteiger partial charge is 0.457 e. The Balaban J connectivity index is 1.38. The van der Waals surface area contributed by atoms with Gasteiger partial charge >= 0.3 is 6.18 Å². The number of carbonyl (C=O) groups excluding carboxylic acids is 2. The highest BCUT2D eigenvalue weighted by Crippen LogP contribution is 2.35. The summed E-state index contributed by atoms with van der Waals surface area (Å²) in [5.41, 5.74) is 6.43. The number of alkyl halides is 3. The molecule has 8 nitrogen and oxygen atoms in total. The number of halogens is 3. The molecule has 2 aliphatic rings. The molecule has 0 bridgehead atoms. The zero-order valence-electron chi connectivity index (χ0n) is 21.8. The molecule has 2 aromatic carbocycles. The van der Waals surface area contributed by atoms with Gasteiger partial charge < -0.3 is 15.8 Å². The van der Waals surface area contributed by atoms with Gasteiger partial charge in [-0.15, -0.1) is 0 Å². The number of hydrogen-bond donors (Lipinski definition) is 2. The fourth-order valence-electron chi connectivity index (χ4n) is 5.09. The second kappa shape index (κ2) is 11.6. The van der Waals surface area contributed by atoms with Crippen LogP contribution in [0.5, 0.6) is 11.5 Å². The van der Waals surface area contributed by atoms with Crippen molar-refractivity contribution in [2.24, 2.45) is 11.7 Å². The first-order chi connectivity index (χ1) is 19.2. The highest BCUT2D eigenvalue weighted by molar-refractivity contribution is 5.91. The van der Waals surface area contributed by atoms with Gasteiger partial charge in [-0.2, -0.15) is 13.2 Å². The number of amides is 2. The number of ether oxygens (including phenoxy) is 1. The highest BCUT2D eigenvalue weighted by atomic mass is 19.4. The van der Waals surface area contributed by atoms with Crippen molar-refractivity contribution < 1.29 is 27.5 Å². The van der Waals surface area contributed by atoms with Gasteiger partial charge in [-0.1, -0.05) is 6.42 Å². The van der Waals surface area contributed by atoms with Crippen molar-refractivity contribution in [2.45, 2.75) is 44.8 Å². The number of aromatic nitrogens is 2. The van der Waals surface area contributed by atoms with E-state index in [2.05, 4.69) is 20.2 Å². The van der Waals surface area contributed by atoms with Gasteiger partial charge in [0.25, 0.3) is 5.91 Å². The van der Waals surface area contributed by atoms with Crippen LogP contribution in [0.2, 0.25) is 0 Å². The summed E-state index contributed by atoms with van der Waals surface area (Å²) in [6.45, 7) is 2.64. The van der Waals surface area contributed by atoms with Crippen molar-refractivity contribution in [1.82, 2.24) is 20.2 Å². The Hall–Kier alpha value is -3.99. The summed E-state index contributed by atoms with van der Waals surface area (Å²) in [7, 11) is 0. The van der Waals surface area contributed by atoms with Crippen molar-refractivity contribution in [3.63, 3.8) is 0 Å². The quantitative estimate of drug-likeness (QED) is 0.418. The Bertz CT molecular complexity index is 1390. The zero-order valence-corrected chi connectivity index (χ0v) is 21.8. The molecule has 3 heterocycles. The first kappa shape index (κ1) is 27.6. The van der Waals surface area contributed by atoms with Gasteiger partial charge in [0.15, 0.2) is 5.82 Å². The first-order valence-electron chi connectivity index (χ1n) is 13.3. The lowest BCUT2D eigenvalue weighted by molar-refractivity contribution is -0.137. The average Bonchev–Trinajstić information content (AvgIpc) is 3.33. The van der Waals surface area contributed by atoms with Gasteiger partial charge in [-0.25, -0.2) is 9.97 Å². The van der Waals surface area contributed by atoms with Crippen LogP contribution >= 0.6 is 0 Å². The molecule has 0 saturated carbocycles. The number of primary amides is 1. The second-order valence-electron chi connectivity index (χ2n) is 10.2. The SMILES string of the molecule is NC(=O)c1cc(C[C@H]2CCNC2=O)nc(-c2ccc(Oc3ccc(C(F)(F)F)cc3CN3CCCCC3)cc2)n1. The average molecular weight is 554 g/mol. The van der Waals surface area contributed by atoms with Crippen LogP contribution in [0.15, 0.2) is 48.5 Å². The van der Waals surface area contributed by atoms with Crippen molar-refractivity contribution in [3.05, 3.63) is 71.0 Å². The lowest BCUT2D eigenvalue weighted by Gasteiger charge is -2.27. The van der Waals surface area contributed by atoms with Crippen molar-refractivity contribution in [2.75, 3.05) is 19.6 Å². The van der Waals surface area contributed by atoms with E-state index in [0.29, 0.717) is 54.3 Å². The van der Waals surface area contributed by atoms with Crippen molar-refractivity contribution in [1.29, 1.82) is 0 Å². The Labute approximate surface area is 229 Å². The van der Waals surface area contributed by atoms with Gasteiger partial charge in [0.1, 0.15) is 17.2 Å². The Kier molecular flexibility index (Phi) is 8.02. The maximum absolute atomic E-state index is 13.4. The van der Waals surface area contributed by atoms with Crippen LogP contribution in [0.4, 0.5) is 13.2 Å². The highest BCUT2D eigenvalue weighted by Gasteiger charge is 2.31. The number of likely N-dealkylation sites (tertiary alicyclic amines) is 1. The van der Waals surface area contributed by atoms with Gasteiger partial charge in [0.05, 0.1) is 5.56 Å². The summed E-state index contributed by atoms with van der Waals surface area (Å²) in [4.78, 5) is 34.9. The normalized spacial score (nSPS) is 18.0. The van der Waals surface area contributed by atoms with Crippen molar-refractivity contribution in [3.8, 4) is 22.9 Å². The summed E-state index contributed by atoms with van der Waals surface area (Å²) in [5, 5.41) is 2.79. The number of benzene rings is 2. The van der Waals surface area contributed by atoms with Gasteiger partial charge in [-0.05, 0) is 80.9 Å². The van der Waals surface area contributed by atoms with Crippen LogP contribution in [0.1, 0.15) is 53.0 Å². The molecule has 0 radical (unpaired) electrons. The van der Waals surface area contributed by atoms with Crippen LogP contribution in [0.3, 0.4) is 0 Å². The molecule has 40 heavy (non-hydrogen) atoms. The van der Waals surface area contributed by atoms with Gasteiger partial charge in [0.2, 0.25) is 5.91 Å². The molecule has 5 rings (SSSR count). The summed E-state index contributed by atoms with van der Waals surface area (Å²) in [6.07, 6.45) is -0.248. The number of nitrogens with two attached hydrogens (primary N) is 1.